The molecule has 0 radical (unpaired) electrons. The fourth-order valence-corrected chi connectivity index (χ4v) is 8.95. The van der Waals surface area contributed by atoms with Crippen LogP contribution in [0.25, 0.3) is 0 Å². The van der Waals surface area contributed by atoms with Crippen molar-refractivity contribution in [3.63, 3.8) is 0 Å². The van der Waals surface area contributed by atoms with Gasteiger partial charge in [-0.1, -0.05) is 47.0 Å². The summed E-state index contributed by atoms with van der Waals surface area (Å²) in [6.45, 7) is 10.1. The van der Waals surface area contributed by atoms with E-state index >= 15 is 0 Å². The minimum absolute atomic E-state index is 0.686. The van der Waals surface area contributed by atoms with Crippen molar-refractivity contribution in [3.05, 3.63) is 0 Å². The smallest absolute Gasteiger partial charge is 0.0266 e. The molecule has 0 amide bonds. The van der Waals surface area contributed by atoms with Crippen molar-refractivity contribution in [2.45, 2.75) is 111 Å². The van der Waals surface area contributed by atoms with Gasteiger partial charge in [-0.15, -0.1) is 0 Å². The van der Waals surface area contributed by atoms with Crippen LogP contribution in [0.4, 0.5) is 0 Å². The summed E-state index contributed by atoms with van der Waals surface area (Å²) >= 11 is 0. The molecule has 7 unspecified atom stereocenters. The van der Waals surface area contributed by atoms with E-state index in [2.05, 4.69) is 27.7 Å². The highest BCUT2D eigenvalue weighted by Gasteiger charge is 2.57. The van der Waals surface area contributed by atoms with Crippen molar-refractivity contribution >= 4 is 0 Å². The van der Waals surface area contributed by atoms with Crippen LogP contribution in [0.2, 0.25) is 0 Å². The molecule has 144 valence electrons. The van der Waals surface area contributed by atoms with E-state index in [-0.39, 0.29) is 0 Å². The second-order valence-electron chi connectivity index (χ2n) is 11.3. The lowest BCUT2D eigenvalue weighted by molar-refractivity contribution is -0.0794. The van der Waals surface area contributed by atoms with Crippen molar-refractivity contribution < 1.29 is 0 Å². The van der Waals surface area contributed by atoms with Gasteiger partial charge in [0.15, 0.2) is 0 Å². The molecule has 0 aromatic carbocycles. The van der Waals surface area contributed by atoms with Crippen molar-refractivity contribution in [2.24, 2.45) is 46.3 Å². The van der Waals surface area contributed by atoms with E-state index in [1.807, 2.05) is 0 Å². The Morgan fingerprint density at radius 3 is 2.32 bits per heavy atom. The van der Waals surface area contributed by atoms with Crippen LogP contribution >= 0.6 is 0 Å². The third kappa shape index (κ3) is 3.02. The van der Waals surface area contributed by atoms with E-state index in [4.69, 9.17) is 0 Å². The van der Waals surface area contributed by atoms with Crippen LogP contribution in [0.3, 0.4) is 0 Å². The lowest BCUT2D eigenvalue weighted by Crippen LogP contribution is -2.49. The Hall–Kier alpha value is 0. The van der Waals surface area contributed by atoms with Crippen LogP contribution in [0.15, 0.2) is 0 Å². The Bertz CT molecular complexity index is 467. The topological polar surface area (TPSA) is 0 Å². The second kappa shape index (κ2) is 6.87. The molecule has 0 N–H and O–H groups in total. The van der Waals surface area contributed by atoms with Gasteiger partial charge in [-0.25, -0.2) is 0 Å². The zero-order valence-electron chi connectivity index (χ0n) is 17.7. The molecular weight excluding hydrogens is 300 g/mol. The standard InChI is InChI=1S/C25H44/c1-5-7-19-9-11-23-22-10-8-18-17-24(3,14-6-2)15-12-20(18)21(22)13-16-25(19,23)4/h18-23H,5-17H2,1-4H3/t18?,19?,20?,21?,22?,23?,24-,25?/m0/s1. The van der Waals surface area contributed by atoms with Gasteiger partial charge < -0.3 is 0 Å². The number of fused-ring (bicyclic) bond motifs is 5. The summed E-state index contributed by atoms with van der Waals surface area (Å²) in [7, 11) is 0. The summed E-state index contributed by atoms with van der Waals surface area (Å²) in [5.41, 5.74) is 1.40. The van der Waals surface area contributed by atoms with Gasteiger partial charge in [0.05, 0.1) is 0 Å². The monoisotopic (exact) mass is 344 g/mol. The van der Waals surface area contributed by atoms with Crippen molar-refractivity contribution in [2.75, 3.05) is 0 Å². The van der Waals surface area contributed by atoms with Gasteiger partial charge in [-0.05, 0) is 111 Å². The Morgan fingerprint density at radius 2 is 1.56 bits per heavy atom. The Kier molecular flexibility index (Phi) is 5.04. The molecule has 0 heteroatoms. The van der Waals surface area contributed by atoms with Crippen LogP contribution in [-0.4, -0.2) is 0 Å². The number of hydrogen-bond donors (Lipinski definition) is 0. The minimum atomic E-state index is 0.686. The van der Waals surface area contributed by atoms with Crippen LogP contribution < -0.4 is 0 Å². The second-order valence-corrected chi connectivity index (χ2v) is 11.3. The molecule has 0 spiro atoms. The van der Waals surface area contributed by atoms with Crippen LogP contribution in [0.1, 0.15) is 111 Å². The van der Waals surface area contributed by atoms with E-state index in [1.165, 1.54) is 32.1 Å². The van der Waals surface area contributed by atoms with Crippen LogP contribution in [-0.2, 0) is 0 Å². The average molecular weight is 345 g/mol. The van der Waals surface area contributed by atoms with Crippen molar-refractivity contribution in [1.29, 1.82) is 0 Å². The predicted octanol–water partition coefficient (Wildman–Crippen LogP) is 7.86. The van der Waals surface area contributed by atoms with Gasteiger partial charge in [-0.3, -0.25) is 0 Å². The zero-order valence-corrected chi connectivity index (χ0v) is 17.7. The molecule has 4 aliphatic carbocycles. The zero-order chi connectivity index (χ0) is 17.7. The molecule has 25 heavy (non-hydrogen) atoms. The van der Waals surface area contributed by atoms with E-state index in [9.17, 15) is 0 Å². The first-order chi connectivity index (χ1) is 12.0. The molecule has 0 aromatic rings. The number of hydrogen-bond acceptors (Lipinski definition) is 0. The first-order valence-electron chi connectivity index (χ1n) is 12.0. The summed E-state index contributed by atoms with van der Waals surface area (Å²) < 4.78 is 0. The maximum absolute atomic E-state index is 2.71. The molecule has 4 saturated carbocycles. The Morgan fingerprint density at radius 1 is 0.760 bits per heavy atom. The molecular formula is C25H44. The maximum Gasteiger partial charge on any atom is -0.0266 e. The van der Waals surface area contributed by atoms with Crippen LogP contribution in [0, 0.1) is 46.3 Å². The normalized spacial score (nSPS) is 52.3. The summed E-state index contributed by atoms with van der Waals surface area (Å²) in [4.78, 5) is 0. The molecule has 0 aromatic heterocycles. The molecule has 0 bridgehead atoms. The third-order valence-electron chi connectivity index (χ3n) is 10.0. The van der Waals surface area contributed by atoms with Crippen LogP contribution in [0.5, 0.6) is 0 Å². The maximum atomic E-state index is 2.71. The Labute approximate surface area is 157 Å². The molecule has 8 atom stereocenters. The van der Waals surface area contributed by atoms with E-state index in [0.717, 1.165) is 40.9 Å². The molecule has 4 rings (SSSR count). The van der Waals surface area contributed by atoms with Crippen molar-refractivity contribution in [1.82, 2.24) is 0 Å². The van der Waals surface area contributed by atoms with Gasteiger partial charge in [0.25, 0.3) is 0 Å². The largest absolute Gasteiger partial charge is 0.0654 e. The molecule has 4 aliphatic rings. The highest BCUT2D eigenvalue weighted by Crippen LogP contribution is 2.65. The van der Waals surface area contributed by atoms with E-state index in [1.54, 1.807) is 51.4 Å². The lowest BCUT2D eigenvalue weighted by atomic mass is 9.48. The fourth-order valence-electron chi connectivity index (χ4n) is 8.95. The van der Waals surface area contributed by atoms with Gasteiger partial charge in [-0.2, -0.15) is 0 Å². The molecule has 0 heterocycles. The van der Waals surface area contributed by atoms with Crippen molar-refractivity contribution in [3.8, 4) is 0 Å². The predicted molar refractivity (Wildman–Crippen MR) is 109 cm³/mol. The molecule has 0 nitrogen and oxygen atoms in total. The van der Waals surface area contributed by atoms with Gasteiger partial charge in [0.1, 0.15) is 0 Å². The summed E-state index contributed by atoms with van der Waals surface area (Å²) in [6, 6.07) is 0. The average Bonchev–Trinajstić information content (AvgIpc) is 2.91. The first kappa shape index (κ1) is 18.4. The SMILES string of the molecule is CCCC1CCC2C3CCC4C[C@@](C)(CCC)CCC4C3CCC12C. The quantitative estimate of drug-likeness (QED) is 0.487. The minimum Gasteiger partial charge on any atom is -0.0654 e. The summed E-state index contributed by atoms with van der Waals surface area (Å²) in [6.07, 6.45) is 19.9. The third-order valence-corrected chi connectivity index (χ3v) is 10.0. The fraction of sp³-hybridized carbons (Fsp3) is 1.00. The van der Waals surface area contributed by atoms with Gasteiger partial charge in [0.2, 0.25) is 0 Å². The first-order valence-corrected chi connectivity index (χ1v) is 12.0. The lowest BCUT2D eigenvalue weighted by Gasteiger charge is -2.57. The van der Waals surface area contributed by atoms with Gasteiger partial charge in [0, 0.05) is 0 Å². The van der Waals surface area contributed by atoms with E-state index < -0.39 is 0 Å². The summed E-state index contributed by atoms with van der Waals surface area (Å²) in [5.74, 6) is 6.57. The summed E-state index contributed by atoms with van der Waals surface area (Å²) in [5, 5.41) is 0. The highest BCUT2D eigenvalue weighted by atomic mass is 14.6. The van der Waals surface area contributed by atoms with E-state index in [0.29, 0.717) is 5.41 Å². The van der Waals surface area contributed by atoms with Gasteiger partial charge >= 0.3 is 0 Å². The number of rotatable bonds is 4. The molecule has 0 aliphatic heterocycles. The Balaban J connectivity index is 1.48. The highest BCUT2D eigenvalue weighted by molar-refractivity contribution is 5.06. The molecule has 0 saturated heterocycles. The molecule has 4 fully saturated rings.